The van der Waals surface area contributed by atoms with E-state index < -0.39 is 0 Å². The van der Waals surface area contributed by atoms with Gasteiger partial charge in [0.1, 0.15) is 17.0 Å². The van der Waals surface area contributed by atoms with Gasteiger partial charge in [-0.3, -0.25) is 9.97 Å². The van der Waals surface area contributed by atoms with Crippen LogP contribution in [0.4, 0.5) is 0 Å². The molecule has 1 N–H and O–H groups in total. The molecule has 0 saturated carbocycles. The Morgan fingerprint density at radius 2 is 1.40 bits per heavy atom. The molecule has 5 nitrogen and oxygen atoms in total. The average molecular weight is 323 g/mol. The highest BCUT2D eigenvalue weighted by atomic mass is 15.0. The molecule has 0 bridgehead atoms. The zero-order valence-electron chi connectivity index (χ0n) is 13.2. The highest BCUT2D eigenvalue weighted by Crippen LogP contribution is 2.32. The van der Waals surface area contributed by atoms with Gasteiger partial charge in [0.25, 0.3) is 0 Å². The summed E-state index contributed by atoms with van der Waals surface area (Å²) in [5.74, 6) is 0.584. The molecule has 118 valence electrons. The van der Waals surface area contributed by atoms with Crippen LogP contribution in [0.3, 0.4) is 0 Å². The van der Waals surface area contributed by atoms with Crippen LogP contribution in [0.15, 0.2) is 73.1 Å². The van der Waals surface area contributed by atoms with Gasteiger partial charge in [0.15, 0.2) is 5.82 Å². The van der Waals surface area contributed by atoms with Crippen LogP contribution in [0, 0.1) is 0 Å². The molecule has 5 aromatic rings. The van der Waals surface area contributed by atoms with E-state index in [0.29, 0.717) is 5.82 Å². The summed E-state index contributed by atoms with van der Waals surface area (Å²) in [7, 11) is 0. The topological polar surface area (TPSA) is 67.3 Å². The quantitative estimate of drug-likeness (QED) is 0.528. The molecule has 0 aliphatic carbocycles. The van der Waals surface area contributed by atoms with Crippen molar-refractivity contribution in [1.82, 2.24) is 24.9 Å². The van der Waals surface area contributed by atoms with Crippen molar-refractivity contribution >= 4 is 21.9 Å². The summed E-state index contributed by atoms with van der Waals surface area (Å²) in [5.41, 5.74) is 4.18. The number of aromatic amines is 1. The second kappa shape index (κ2) is 5.49. The van der Waals surface area contributed by atoms with Crippen LogP contribution in [0.2, 0.25) is 0 Å². The number of H-pyrrole nitrogens is 1. The Morgan fingerprint density at radius 3 is 2.16 bits per heavy atom. The van der Waals surface area contributed by atoms with Gasteiger partial charge in [-0.2, -0.15) is 0 Å². The predicted octanol–water partition coefficient (Wildman–Crippen LogP) is 4.24. The minimum atomic E-state index is 0.584. The predicted molar refractivity (Wildman–Crippen MR) is 97.9 cm³/mol. The molecular formula is C20H13N5. The number of hydrogen-bond donors (Lipinski definition) is 1. The first-order chi connectivity index (χ1) is 12.4. The molecule has 0 saturated heterocycles. The average Bonchev–Trinajstić information content (AvgIpc) is 3.07. The summed E-state index contributed by atoms with van der Waals surface area (Å²) < 4.78 is 0. The van der Waals surface area contributed by atoms with E-state index in [4.69, 9.17) is 9.97 Å². The van der Waals surface area contributed by atoms with Crippen LogP contribution in [-0.4, -0.2) is 24.9 Å². The fraction of sp³-hybridized carbons (Fsp3) is 0. The lowest BCUT2D eigenvalue weighted by molar-refractivity contribution is 1.16. The van der Waals surface area contributed by atoms with Crippen molar-refractivity contribution in [2.45, 2.75) is 0 Å². The molecule has 5 heteroatoms. The van der Waals surface area contributed by atoms with Crippen molar-refractivity contribution in [1.29, 1.82) is 0 Å². The lowest BCUT2D eigenvalue weighted by Gasteiger charge is -2.06. The Labute approximate surface area is 143 Å². The summed E-state index contributed by atoms with van der Waals surface area (Å²) in [4.78, 5) is 21.8. The van der Waals surface area contributed by atoms with Crippen LogP contribution in [-0.2, 0) is 0 Å². The van der Waals surface area contributed by atoms with Crippen LogP contribution >= 0.6 is 0 Å². The molecule has 5 rings (SSSR count). The van der Waals surface area contributed by atoms with Gasteiger partial charge >= 0.3 is 0 Å². The molecule has 0 unspecified atom stereocenters. The first-order valence-electron chi connectivity index (χ1n) is 8.01. The minimum absolute atomic E-state index is 0.584. The van der Waals surface area contributed by atoms with Gasteiger partial charge in [0.2, 0.25) is 0 Å². The maximum absolute atomic E-state index is 4.81. The number of hydrogen-bond acceptors (Lipinski definition) is 4. The van der Waals surface area contributed by atoms with Gasteiger partial charge in [-0.1, -0.05) is 30.3 Å². The minimum Gasteiger partial charge on any atom is -0.339 e. The zero-order chi connectivity index (χ0) is 16.6. The van der Waals surface area contributed by atoms with E-state index in [2.05, 4.69) is 21.0 Å². The van der Waals surface area contributed by atoms with Crippen molar-refractivity contribution in [3.63, 3.8) is 0 Å². The standard InChI is InChI=1S/C20H13N5/c1-2-8-14-13(7-1)17-18(15-9-3-5-11-21-15)24-19(25-20(17)23-14)16-10-4-6-12-22-16/h1-12H,(H,23,24,25). The van der Waals surface area contributed by atoms with Gasteiger partial charge < -0.3 is 4.98 Å². The first kappa shape index (κ1) is 13.8. The van der Waals surface area contributed by atoms with Crippen molar-refractivity contribution in [3.05, 3.63) is 73.1 Å². The lowest BCUT2D eigenvalue weighted by atomic mass is 10.1. The molecule has 0 aliphatic rings. The summed E-state index contributed by atoms with van der Waals surface area (Å²) in [6, 6.07) is 19.7. The van der Waals surface area contributed by atoms with Gasteiger partial charge in [0, 0.05) is 23.3 Å². The molecule has 4 aromatic heterocycles. The molecule has 0 radical (unpaired) electrons. The second-order valence-electron chi connectivity index (χ2n) is 5.72. The molecule has 0 aliphatic heterocycles. The molecular weight excluding hydrogens is 310 g/mol. The lowest BCUT2D eigenvalue weighted by Crippen LogP contribution is -1.96. The Bertz CT molecular complexity index is 1180. The van der Waals surface area contributed by atoms with E-state index in [0.717, 1.165) is 39.0 Å². The number of aromatic nitrogens is 5. The largest absolute Gasteiger partial charge is 0.339 e. The van der Waals surface area contributed by atoms with Gasteiger partial charge in [0.05, 0.1) is 11.1 Å². The highest BCUT2D eigenvalue weighted by molar-refractivity contribution is 6.12. The third-order valence-electron chi connectivity index (χ3n) is 4.16. The molecule has 4 heterocycles. The SMILES string of the molecule is c1ccc(-c2nc(-c3ccccn3)c3c(n2)[nH]c2ccccc23)nc1. The number of rotatable bonds is 2. The zero-order valence-corrected chi connectivity index (χ0v) is 13.2. The third kappa shape index (κ3) is 2.25. The van der Waals surface area contributed by atoms with Gasteiger partial charge in [-0.15, -0.1) is 0 Å². The number of benzene rings is 1. The van der Waals surface area contributed by atoms with Crippen molar-refractivity contribution in [3.8, 4) is 22.9 Å². The number of fused-ring (bicyclic) bond motifs is 3. The summed E-state index contributed by atoms with van der Waals surface area (Å²) in [5, 5.41) is 2.07. The Morgan fingerprint density at radius 1 is 0.680 bits per heavy atom. The molecule has 1 aromatic carbocycles. The van der Waals surface area contributed by atoms with Crippen LogP contribution in [0.5, 0.6) is 0 Å². The Balaban J connectivity index is 1.90. The monoisotopic (exact) mass is 323 g/mol. The Kier molecular flexibility index (Phi) is 3.03. The highest BCUT2D eigenvalue weighted by Gasteiger charge is 2.16. The van der Waals surface area contributed by atoms with E-state index >= 15 is 0 Å². The fourth-order valence-corrected chi connectivity index (χ4v) is 3.04. The smallest absolute Gasteiger partial charge is 0.180 e. The van der Waals surface area contributed by atoms with Crippen molar-refractivity contribution < 1.29 is 0 Å². The van der Waals surface area contributed by atoms with Gasteiger partial charge in [-0.05, 0) is 30.3 Å². The number of nitrogens with zero attached hydrogens (tertiary/aromatic N) is 4. The van der Waals surface area contributed by atoms with E-state index in [1.165, 1.54) is 0 Å². The van der Waals surface area contributed by atoms with Crippen LogP contribution in [0.1, 0.15) is 0 Å². The summed E-state index contributed by atoms with van der Waals surface area (Å²) in [6.07, 6.45) is 3.52. The molecule has 25 heavy (non-hydrogen) atoms. The van der Waals surface area contributed by atoms with E-state index in [1.54, 1.807) is 12.4 Å². The van der Waals surface area contributed by atoms with Gasteiger partial charge in [-0.25, -0.2) is 9.97 Å². The molecule has 0 amide bonds. The fourth-order valence-electron chi connectivity index (χ4n) is 3.04. The second-order valence-corrected chi connectivity index (χ2v) is 5.72. The maximum atomic E-state index is 4.81. The number of para-hydroxylation sites is 1. The molecule has 0 atom stereocenters. The Hall–Kier alpha value is -3.60. The van der Waals surface area contributed by atoms with Crippen LogP contribution in [0.25, 0.3) is 44.8 Å². The van der Waals surface area contributed by atoms with Crippen LogP contribution < -0.4 is 0 Å². The first-order valence-corrected chi connectivity index (χ1v) is 8.01. The number of pyridine rings is 2. The van der Waals surface area contributed by atoms with E-state index in [9.17, 15) is 0 Å². The summed E-state index contributed by atoms with van der Waals surface area (Å²) in [6.45, 7) is 0. The van der Waals surface area contributed by atoms with E-state index in [1.807, 2.05) is 54.6 Å². The van der Waals surface area contributed by atoms with Crippen molar-refractivity contribution in [2.75, 3.05) is 0 Å². The van der Waals surface area contributed by atoms with Crippen molar-refractivity contribution in [2.24, 2.45) is 0 Å². The molecule has 0 spiro atoms. The third-order valence-corrected chi connectivity index (χ3v) is 4.16. The maximum Gasteiger partial charge on any atom is 0.180 e. The molecule has 0 fully saturated rings. The normalized spacial score (nSPS) is 11.2. The number of nitrogens with one attached hydrogen (secondary N) is 1. The van der Waals surface area contributed by atoms with E-state index in [-0.39, 0.29) is 0 Å². The summed E-state index contributed by atoms with van der Waals surface area (Å²) >= 11 is 0.